The molecule has 5 rings (SSSR count). The first kappa shape index (κ1) is 15.0. The topological polar surface area (TPSA) is 98.9 Å². The van der Waals surface area contributed by atoms with Crippen molar-refractivity contribution in [3.63, 3.8) is 0 Å². The van der Waals surface area contributed by atoms with Gasteiger partial charge in [0.15, 0.2) is 11.5 Å². The molecule has 0 radical (unpaired) electrons. The Balaban J connectivity index is 1.30. The van der Waals surface area contributed by atoms with E-state index in [0.717, 1.165) is 36.0 Å². The van der Waals surface area contributed by atoms with Crippen molar-refractivity contribution in [3.05, 3.63) is 41.9 Å². The molecule has 0 spiro atoms. The number of hydrogen-bond donors (Lipinski definition) is 2. The van der Waals surface area contributed by atoms with Crippen LogP contribution in [-0.2, 0) is 13.1 Å². The van der Waals surface area contributed by atoms with Crippen molar-refractivity contribution in [3.8, 4) is 0 Å². The zero-order chi connectivity index (χ0) is 16.8. The Morgan fingerprint density at radius 1 is 1.04 bits per heavy atom. The Bertz CT molecular complexity index is 887. The minimum atomic E-state index is 0.331. The van der Waals surface area contributed by atoms with Crippen molar-refractivity contribution in [1.29, 1.82) is 0 Å². The predicted molar refractivity (Wildman–Crippen MR) is 91.8 cm³/mol. The first-order valence-electron chi connectivity index (χ1n) is 8.98. The minimum Gasteiger partial charge on any atom is -0.328 e. The molecule has 0 bridgehead atoms. The van der Waals surface area contributed by atoms with E-state index in [1.807, 2.05) is 28.8 Å². The lowest BCUT2D eigenvalue weighted by Gasteiger charge is -2.31. The molecule has 2 aliphatic carbocycles. The zero-order valence-electron chi connectivity index (χ0n) is 14.0. The van der Waals surface area contributed by atoms with Gasteiger partial charge in [-0.15, -0.1) is 20.4 Å². The van der Waals surface area contributed by atoms with Crippen molar-refractivity contribution < 1.29 is 0 Å². The van der Waals surface area contributed by atoms with Gasteiger partial charge < -0.3 is 15.6 Å². The third-order valence-electron chi connectivity index (χ3n) is 5.20. The summed E-state index contributed by atoms with van der Waals surface area (Å²) in [5.74, 6) is 3.54. The average molecular weight is 338 g/mol. The Labute approximate surface area is 145 Å². The predicted octanol–water partition coefficient (Wildman–Crippen LogP) is 1.15. The van der Waals surface area contributed by atoms with Gasteiger partial charge in [-0.1, -0.05) is 6.07 Å². The highest BCUT2D eigenvalue weighted by Gasteiger charge is 2.36. The molecule has 0 saturated heterocycles. The van der Waals surface area contributed by atoms with E-state index in [1.54, 1.807) is 0 Å². The molecular weight excluding hydrogens is 316 g/mol. The summed E-state index contributed by atoms with van der Waals surface area (Å²) in [6.07, 6.45) is 6.50. The quantitative estimate of drug-likeness (QED) is 0.699. The summed E-state index contributed by atoms with van der Waals surface area (Å²) in [6.45, 7) is 1.33. The number of nitrogens with one attached hydrogen (secondary N) is 1. The monoisotopic (exact) mass is 338 g/mol. The van der Waals surface area contributed by atoms with Crippen molar-refractivity contribution in [2.75, 3.05) is 0 Å². The SMILES string of the molecule is NC1CC(c2nnc(CNCc3nnc4ccccn34)n2C2CC2)C1. The highest BCUT2D eigenvalue weighted by atomic mass is 15.3. The van der Waals surface area contributed by atoms with E-state index in [2.05, 4.69) is 30.3 Å². The normalized spacial score (nSPS) is 23.1. The van der Waals surface area contributed by atoms with Crippen LogP contribution in [-0.4, -0.2) is 35.4 Å². The molecular formula is C17H22N8. The number of nitrogens with zero attached hydrogens (tertiary/aromatic N) is 6. The van der Waals surface area contributed by atoms with E-state index in [-0.39, 0.29) is 0 Å². The van der Waals surface area contributed by atoms with Crippen molar-refractivity contribution in [1.82, 2.24) is 34.7 Å². The summed E-state index contributed by atoms with van der Waals surface area (Å²) in [5, 5.41) is 20.8. The van der Waals surface area contributed by atoms with Crippen LogP contribution in [0.25, 0.3) is 5.65 Å². The fourth-order valence-corrected chi connectivity index (χ4v) is 3.64. The van der Waals surface area contributed by atoms with Crippen LogP contribution in [0, 0.1) is 0 Å². The number of pyridine rings is 1. The largest absolute Gasteiger partial charge is 0.328 e. The first-order chi connectivity index (χ1) is 12.3. The van der Waals surface area contributed by atoms with Gasteiger partial charge in [0.25, 0.3) is 0 Å². The standard InChI is InChI=1S/C17H22N8/c18-12-7-11(8-12)17-23-22-16(25(17)13-4-5-13)10-19-9-15-21-20-14-3-1-2-6-24(14)15/h1-3,6,11-13,19H,4-5,7-10,18H2. The summed E-state index contributed by atoms with van der Waals surface area (Å²) in [6, 6.07) is 6.81. The molecule has 3 heterocycles. The molecule has 0 aromatic carbocycles. The summed E-state index contributed by atoms with van der Waals surface area (Å²) in [7, 11) is 0. The Hall–Kier alpha value is -2.32. The van der Waals surface area contributed by atoms with Gasteiger partial charge in [-0.2, -0.15) is 0 Å². The van der Waals surface area contributed by atoms with E-state index >= 15 is 0 Å². The van der Waals surface area contributed by atoms with Crippen LogP contribution in [0.5, 0.6) is 0 Å². The Kier molecular flexibility index (Phi) is 3.53. The molecule has 2 saturated carbocycles. The number of fused-ring (bicyclic) bond motifs is 1. The fourth-order valence-electron chi connectivity index (χ4n) is 3.64. The molecule has 0 amide bonds. The molecule has 3 aromatic heterocycles. The maximum atomic E-state index is 5.95. The number of aromatic nitrogens is 6. The lowest BCUT2D eigenvalue weighted by molar-refractivity contribution is 0.327. The molecule has 3 N–H and O–H groups in total. The van der Waals surface area contributed by atoms with Crippen LogP contribution >= 0.6 is 0 Å². The molecule has 2 aliphatic rings. The van der Waals surface area contributed by atoms with E-state index in [4.69, 9.17) is 5.73 Å². The molecule has 130 valence electrons. The van der Waals surface area contributed by atoms with Gasteiger partial charge in [-0.25, -0.2) is 0 Å². The van der Waals surface area contributed by atoms with Gasteiger partial charge in [0.1, 0.15) is 11.6 Å². The van der Waals surface area contributed by atoms with E-state index < -0.39 is 0 Å². The summed E-state index contributed by atoms with van der Waals surface area (Å²) >= 11 is 0. The second kappa shape index (κ2) is 5.89. The van der Waals surface area contributed by atoms with Crippen LogP contribution in [0.2, 0.25) is 0 Å². The summed E-state index contributed by atoms with van der Waals surface area (Å²) in [4.78, 5) is 0. The van der Waals surface area contributed by atoms with Gasteiger partial charge >= 0.3 is 0 Å². The van der Waals surface area contributed by atoms with Gasteiger partial charge in [0.2, 0.25) is 0 Å². The van der Waals surface area contributed by atoms with Crippen molar-refractivity contribution in [2.24, 2.45) is 5.73 Å². The Morgan fingerprint density at radius 3 is 2.64 bits per heavy atom. The van der Waals surface area contributed by atoms with E-state index in [0.29, 0.717) is 31.1 Å². The molecule has 25 heavy (non-hydrogen) atoms. The third-order valence-corrected chi connectivity index (χ3v) is 5.20. The van der Waals surface area contributed by atoms with E-state index in [1.165, 1.54) is 12.8 Å². The molecule has 8 nitrogen and oxygen atoms in total. The number of hydrogen-bond acceptors (Lipinski definition) is 6. The maximum Gasteiger partial charge on any atom is 0.160 e. The summed E-state index contributed by atoms with van der Waals surface area (Å²) < 4.78 is 4.35. The molecule has 0 unspecified atom stereocenters. The van der Waals surface area contributed by atoms with E-state index in [9.17, 15) is 0 Å². The number of rotatable bonds is 6. The maximum absolute atomic E-state index is 5.95. The minimum absolute atomic E-state index is 0.331. The highest BCUT2D eigenvalue weighted by Crippen LogP contribution is 2.42. The summed E-state index contributed by atoms with van der Waals surface area (Å²) in [5.41, 5.74) is 6.81. The van der Waals surface area contributed by atoms with Gasteiger partial charge in [-0.3, -0.25) is 4.40 Å². The molecule has 0 atom stereocenters. The van der Waals surface area contributed by atoms with Gasteiger partial charge in [-0.05, 0) is 37.8 Å². The number of nitrogens with two attached hydrogens (primary N) is 1. The molecule has 3 aromatic rings. The third kappa shape index (κ3) is 2.71. The molecule has 0 aliphatic heterocycles. The zero-order valence-corrected chi connectivity index (χ0v) is 14.0. The smallest absolute Gasteiger partial charge is 0.160 e. The van der Waals surface area contributed by atoms with Crippen molar-refractivity contribution >= 4 is 5.65 Å². The van der Waals surface area contributed by atoms with Crippen LogP contribution in [0.15, 0.2) is 24.4 Å². The Morgan fingerprint density at radius 2 is 1.84 bits per heavy atom. The molecule has 8 heteroatoms. The lowest BCUT2D eigenvalue weighted by Crippen LogP contribution is -2.36. The average Bonchev–Trinajstić information content (AvgIpc) is 3.23. The van der Waals surface area contributed by atoms with Crippen LogP contribution in [0.3, 0.4) is 0 Å². The van der Waals surface area contributed by atoms with Crippen molar-refractivity contribution in [2.45, 2.75) is 56.8 Å². The van der Waals surface area contributed by atoms with Crippen LogP contribution in [0.4, 0.5) is 0 Å². The first-order valence-corrected chi connectivity index (χ1v) is 8.98. The second-order valence-electron chi connectivity index (χ2n) is 7.15. The fraction of sp³-hybridized carbons (Fsp3) is 0.529. The highest BCUT2D eigenvalue weighted by molar-refractivity contribution is 5.36. The second-order valence-corrected chi connectivity index (χ2v) is 7.15. The van der Waals surface area contributed by atoms with Gasteiger partial charge in [0.05, 0.1) is 13.1 Å². The lowest BCUT2D eigenvalue weighted by atomic mass is 9.80. The van der Waals surface area contributed by atoms with Crippen LogP contribution < -0.4 is 11.1 Å². The van der Waals surface area contributed by atoms with Gasteiger partial charge in [0, 0.05) is 24.2 Å². The van der Waals surface area contributed by atoms with Crippen LogP contribution in [0.1, 0.15) is 55.1 Å². The molecule has 2 fully saturated rings.